The van der Waals surface area contributed by atoms with Gasteiger partial charge >= 0.3 is 6.03 Å². The van der Waals surface area contributed by atoms with Gasteiger partial charge in [0.25, 0.3) is 5.91 Å². The van der Waals surface area contributed by atoms with E-state index in [0.717, 1.165) is 10.5 Å². The summed E-state index contributed by atoms with van der Waals surface area (Å²) in [5, 5.41) is 7.54. The minimum absolute atomic E-state index is 0.00872. The van der Waals surface area contributed by atoms with E-state index >= 15 is 0 Å². The SMILES string of the molecule is Cc1ccc(N2C(=O)N(Cc3nnc(C)o3)C(=O)[C@H]2C)cc1. The molecule has 22 heavy (non-hydrogen) atoms. The van der Waals surface area contributed by atoms with Gasteiger partial charge in [0.05, 0.1) is 0 Å². The van der Waals surface area contributed by atoms with Crippen molar-refractivity contribution < 1.29 is 14.0 Å². The molecule has 2 heterocycles. The van der Waals surface area contributed by atoms with Gasteiger partial charge in [0, 0.05) is 12.6 Å². The summed E-state index contributed by atoms with van der Waals surface area (Å²) in [5.74, 6) is 0.371. The van der Waals surface area contributed by atoms with E-state index in [1.807, 2.05) is 31.2 Å². The Hall–Kier alpha value is -2.70. The molecule has 0 saturated carbocycles. The third-order valence-electron chi connectivity index (χ3n) is 3.62. The van der Waals surface area contributed by atoms with Gasteiger partial charge in [-0.3, -0.25) is 14.6 Å². The maximum absolute atomic E-state index is 12.6. The van der Waals surface area contributed by atoms with Gasteiger partial charge in [-0.1, -0.05) is 17.7 Å². The first-order valence-corrected chi connectivity index (χ1v) is 6.97. The highest BCUT2D eigenvalue weighted by molar-refractivity contribution is 6.13. The fraction of sp³-hybridized carbons (Fsp3) is 0.333. The summed E-state index contributed by atoms with van der Waals surface area (Å²) < 4.78 is 5.25. The van der Waals surface area contributed by atoms with Crippen molar-refractivity contribution in [1.29, 1.82) is 0 Å². The van der Waals surface area contributed by atoms with E-state index in [0.29, 0.717) is 11.6 Å². The monoisotopic (exact) mass is 300 g/mol. The van der Waals surface area contributed by atoms with E-state index < -0.39 is 6.04 Å². The molecular weight excluding hydrogens is 284 g/mol. The molecule has 1 aliphatic heterocycles. The summed E-state index contributed by atoms with van der Waals surface area (Å²) in [6.07, 6.45) is 0. The number of aromatic nitrogens is 2. The first kappa shape index (κ1) is 14.2. The average Bonchev–Trinajstić information content (AvgIpc) is 2.98. The Labute approximate surface area is 127 Å². The van der Waals surface area contributed by atoms with Gasteiger partial charge in [0.15, 0.2) is 0 Å². The molecule has 2 aromatic rings. The van der Waals surface area contributed by atoms with Gasteiger partial charge in [0.2, 0.25) is 11.8 Å². The quantitative estimate of drug-likeness (QED) is 0.810. The van der Waals surface area contributed by atoms with Crippen LogP contribution in [-0.2, 0) is 11.3 Å². The number of imide groups is 1. The highest BCUT2D eigenvalue weighted by Crippen LogP contribution is 2.27. The number of amides is 3. The van der Waals surface area contributed by atoms with Crippen molar-refractivity contribution in [3.8, 4) is 0 Å². The molecule has 1 aromatic carbocycles. The Morgan fingerprint density at radius 3 is 2.41 bits per heavy atom. The summed E-state index contributed by atoms with van der Waals surface area (Å²) in [4.78, 5) is 27.5. The number of anilines is 1. The lowest BCUT2D eigenvalue weighted by atomic mass is 10.2. The lowest BCUT2D eigenvalue weighted by Crippen LogP contribution is -2.33. The normalized spacial score (nSPS) is 18.4. The molecule has 3 rings (SSSR count). The molecule has 7 heteroatoms. The summed E-state index contributed by atoms with van der Waals surface area (Å²) in [6.45, 7) is 5.32. The fourth-order valence-corrected chi connectivity index (χ4v) is 2.45. The van der Waals surface area contributed by atoms with Gasteiger partial charge in [-0.2, -0.15) is 0 Å². The second-order valence-corrected chi connectivity index (χ2v) is 5.30. The maximum atomic E-state index is 12.6. The number of urea groups is 1. The minimum atomic E-state index is -0.556. The number of carbonyl (C=O) groups is 2. The van der Waals surface area contributed by atoms with E-state index in [-0.39, 0.29) is 24.4 Å². The number of benzene rings is 1. The lowest BCUT2D eigenvalue weighted by molar-refractivity contribution is -0.127. The summed E-state index contributed by atoms with van der Waals surface area (Å²) in [6, 6.07) is 6.54. The molecule has 0 aliphatic carbocycles. The number of hydrogen-bond acceptors (Lipinski definition) is 5. The number of hydrogen-bond donors (Lipinski definition) is 0. The fourth-order valence-electron chi connectivity index (χ4n) is 2.45. The van der Waals surface area contributed by atoms with Crippen molar-refractivity contribution in [2.24, 2.45) is 0 Å². The van der Waals surface area contributed by atoms with Crippen LogP contribution in [0.15, 0.2) is 28.7 Å². The second kappa shape index (κ2) is 5.25. The average molecular weight is 300 g/mol. The first-order chi connectivity index (χ1) is 10.5. The van der Waals surface area contributed by atoms with Crippen LogP contribution in [0, 0.1) is 13.8 Å². The minimum Gasteiger partial charge on any atom is -0.424 e. The van der Waals surface area contributed by atoms with Crippen molar-refractivity contribution >= 4 is 17.6 Å². The van der Waals surface area contributed by atoms with Gasteiger partial charge < -0.3 is 4.42 Å². The molecule has 0 bridgehead atoms. The standard InChI is InChI=1S/C15H16N4O3/c1-9-4-6-12(7-5-9)19-10(2)14(20)18(15(19)21)8-13-17-16-11(3)22-13/h4-7,10H,8H2,1-3H3/t10-/m1/s1. The Kier molecular flexibility index (Phi) is 3.40. The molecule has 1 fully saturated rings. The number of aryl methyl sites for hydroxylation is 2. The van der Waals surface area contributed by atoms with Crippen LogP contribution in [-0.4, -0.2) is 33.1 Å². The number of rotatable bonds is 3. The van der Waals surface area contributed by atoms with E-state index in [1.54, 1.807) is 13.8 Å². The predicted octanol–water partition coefficient (Wildman–Crippen LogP) is 2.04. The van der Waals surface area contributed by atoms with E-state index in [4.69, 9.17) is 4.42 Å². The molecule has 1 aromatic heterocycles. The molecule has 7 nitrogen and oxygen atoms in total. The van der Waals surface area contributed by atoms with Crippen LogP contribution in [0.2, 0.25) is 0 Å². The van der Waals surface area contributed by atoms with Crippen LogP contribution >= 0.6 is 0 Å². The highest BCUT2D eigenvalue weighted by atomic mass is 16.4. The van der Waals surface area contributed by atoms with Crippen LogP contribution in [0.1, 0.15) is 24.3 Å². The highest BCUT2D eigenvalue weighted by Gasteiger charge is 2.43. The topological polar surface area (TPSA) is 79.5 Å². The van der Waals surface area contributed by atoms with E-state index in [2.05, 4.69) is 10.2 Å². The van der Waals surface area contributed by atoms with Gasteiger partial charge in [-0.25, -0.2) is 4.79 Å². The van der Waals surface area contributed by atoms with Crippen LogP contribution < -0.4 is 4.90 Å². The molecule has 1 aliphatic rings. The van der Waals surface area contributed by atoms with E-state index in [1.165, 1.54) is 4.90 Å². The third-order valence-corrected chi connectivity index (χ3v) is 3.62. The Balaban J connectivity index is 1.87. The van der Waals surface area contributed by atoms with Crippen LogP contribution in [0.4, 0.5) is 10.5 Å². The molecule has 0 radical (unpaired) electrons. The van der Waals surface area contributed by atoms with E-state index in [9.17, 15) is 9.59 Å². The Morgan fingerprint density at radius 2 is 1.82 bits per heavy atom. The van der Waals surface area contributed by atoms with Crippen molar-refractivity contribution in [1.82, 2.24) is 15.1 Å². The van der Waals surface area contributed by atoms with Gasteiger partial charge in [0.1, 0.15) is 12.6 Å². The maximum Gasteiger partial charge on any atom is 0.332 e. The largest absolute Gasteiger partial charge is 0.424 e. The van der Waals surface area contributed by atoms with Crippen LogP contribution in [0.3, 0.4) is 0 Å². The van der Waals surface area contributed by atoms with Crippen molar-refractivity contribution in [2.75, 3.05) is 4.90 Å². The molecular formula is C15H16N4O3. The van der Waals surface area contributed by atoms with Crippen LogP contribution in [0.25, 0.3) is 0 Å². The summed E-state index contributed by atoms with van der Waals surface area (Å²) in [7, 11) is 0. The van der Waals surface area contributed by atoms with Crippen molar-refractivity contribution in [3.05, 3.63) is 41.6 Å². The second-order valence-electron chi connectivity index (χ2n) is 5.30. The van der Waals surface area contributed by atoms with Gasteiger partial charge in [-0.05, 0) is 26.0 Å². The van der Waals surface area contributed by atoms with Gasteiger partial charge in [-0.15, -0.1) is 10.2 Å². The van der Waals surface area contributed by atoms with Crippen molar-refractivity contribution in [3.63, 3.8) is 0 Å². The summed E-state index contributed by atoms with van der Waals surface area (Å²) >= 11 is 0. The molecule has 1 atom stereocenters. The number of nitrogens with zero attached hydrogens (tertiary/aromatic N) is 4. The molecule has 1 saturated heterocycles. The predicted molar refractivity (Wildman–Crippen MR) is 78.1 cm³/mol. The Bertz CT molecular complexity index is 723. The molecule has 0 N–H and O–H groups in total. The molecule has 3 amide bonds. The Morgan fingerprint density at radius 1 is 1.14 bits per heavy atom. The summed E-state index contributed by atoms with van der Waals surface area (Å²) in [5.41, 5.74) is 1.79. The van der Waals surface area contributed by atoms with Crippen LogP contribution in [0.5, 0.6) is 0 Å². The zero-order chi connectivity index (χ0) is 15.9. The third kappa shape index (κ3) is 2.34. The first-order valence-electron chi connectivity index (χ1n) is 6.97. The number of carbonyl (C=O) groups excluding carboxylic acids is 2. The lowest BCUT2D eigenvalue weighted by Gasteiger charge is -2.19. The smallest absolute Gasteiger partial charge is 0.332 e. The molecule has 0 unspecified atom stereocenters. The van der Waals surface area contributed by atoms with Crippen molar-refractivity contribution in [2.45, 2.75) is 33.4 Å². The molecule has 0 spiro atoms. The zero-order valence-corrected chi connectivity index (χ0v) is 12.6. The zero-order valence-electron chi connectivity index (χ0n) is 12.6. The molecule has 114 valence electrons.